The zero-order valence-electron chi connectivity index (χ0n) is 13.4. The van der Waals surface area contributed by atoms with Crippen LogP contribution in [0.3, 0.4) is 0 Å². The summed E-state index contributed by atoms with van der Waals surface area (Å²) in [6.45, 7) is 3.59. The summed E-state index contributed by atoms with van der Waals surface area (Å²) in [5.74, 6) is 3.39. The fourth-order valence-electron chi connectivity index (χ4n) is 1.87. The van der Waals surface area contributed by atoms with E-state index < -0.39 is 17.5 Å². The molecule has 0 aliphatic heterocycles. The first-order valence-corrected chi connectivity index (χ1v) is 7.48. The molecule has 0 spiro atoms. The Bertz CT molecular complexity index is 742. The van der Waals surface area contributed by atoms with Gasteiger partial charge in [-0.3, -0.25) is 0 Å². The SMILES string of the molecule is CC(C)(CN/N=C(\ON)C(F)(F)F)c1coc(-c2ccc(Cl)cc2)n1. The standard InChI is InChI=1S/C15H16ClF3N4O2/c1-14(2,8-21-23-13(25-20)15(17,18)19)11-7-24-12(22-11)9-3-5-10(16)6-4-9/h3-7,21H,8,20H2,1-2H3/b23-13-. The van der Waals surface area contributed by atoms with E-state index in [2.05, 4.69) is 26.2 Å². The van der Waals surface area contributed by atoms with Crippen LogP contribution in [0.4, 0.5) is 13.2 Å². The second kappa shape index (κ2) is 7.32. The van der Waals surface area contributed by atoms with Crippen LogP contribution in [0, 0.1) is 0 Å². The fourth-order valence-corrected chi connectivity index (χ4v) is 1.99. The zero-order valence-corrected chi connectivity index (χ0v) is 14.1. The van der Waals surface area contributed by atoms with Crippen LogP contribution in [0.5, 0.6) is 0 Å². The number of halogens is 4. The molecule has 2 rings (SSSR count). The first kappa shape index (κ1) is 19.1. The Morgan fingerprint density at radius 2 is 1.96 bits per heavy atom. The van der Waals surface area contributed by atoms with Gasteiger partial charge in [-0.15, -0.1) is 5.10 Å². The molecule has 0 aliphatic carbocycles. The Labute approximate surface area is 146 Å². The molecule has 2 aromatic rings. The van der Waals surface area contributed by atoms with Crippen molar-refractivity contribution in [3.05, 3.63) is 41.2 Å². The smallest absolute Gasteiger partial charge is 0.444 e. The summed E-state index contributed by atoms with van der Waals surface area (Å²) in [5, 5.41) is 3.70. The Kier molecular flexibility index (Phi) is 5.58. The summed E-state index contributed by atoms with van der Waals surface area (Å²) >= 11 is 5.83. The van der Waals surface area contributed by atoms with Gasteiger partial charge in [-0.05, 0) is 24.3 Å². The summed E-state index contributed by atoms with van der Waals surface area (Å²) in [7, 11) is 0. The summed E-state index contributed by atoms with van der Waals surface area (Å²) in [6, 6.07) is 6.91. The van der Waals surface area contributed by atoms with E-state index >= 15 is 0 Å². The van der Waals surface area contributed by atoms with Crippen LogP contribution in [-0.4, -0.2) is 23.6 Å². The van der Waals surface area contributed by atoms with Crippen LogP contribution in [0.2, 0.25) is 5.02 Å². The van der Waals surface area contributed by atoms with Gasteiger partial charge in [0.1, 0.15) is 6.26 Å². The lowest BCUT2D eigenvalue weighted by Gasteiger charge is -2.21. The molecular weight excluding hydrogens is 361 g/mol. The van der Waals surface area contributed by atoms with Crippen molar-refractivity contribution in [2.75, 3.05) is 6.54 Å². The van der Waals surface area contributed by atoms with E-state index in [1.54, 1.807) is 38.1 Å². The number of benzene rings is 1. The van der Waals surface area contributed by atoms with Crippen molar-refractivity contribution in [1.82, 2.24) is 10.4 Å². The van der Waals surface area contributed by atoms with Crippen LogP contribution < -0.4 is 11.3 Å². The lowest BCUT2D eigenvalue weighted by Crippen LogP contribution is -2.35. The molecule has 1 heterocycles. The van der Waals surface area contributed by atoms with Crippen molar-refractivity contribution < 1.29 is 22.4 Å². The van der Waals surface area contributed by atoms with E-state index in [-0.39, 0.29) is 6.54 Å². The highest BCUT2D eigenvalue weighted by Crippen LogP contribution is 2.27. The van der Waals surface area contributed by atoms with Crippen LogP contribution >= 0.6 is 11.6 Å². The fraction of sp³-hybridized carbons (Fsp3) is 0.333. The summed E-state index contributed by atoms with van der Waals surface area (Å²) < 4.78 is 42.8. The molecule has 0 saturated heterocycles. The Morgan fingerprint density at radius 1 is 1.32 bits per heavy atom. The van der Waals surface area contributed by atoms with E-state index in [0.717, 1.165) is 5.56 Å². The average molecular weight is 377 g/mol. The van der Waals surface area contributed by atoms with Crippen molar-refractivity contribution in [2.24, 2.45) is 11.0 Å². The molecule has 136 valence electrons. The molecule has 0 amide bonds. The van der Waals surface area contributed by atoms with Gasteiger partial charge in [0.25, 0.3) is 0 Å². The predicted molar refractivity (Wildman–Crippen MR) is 86.7 cm³/mol. The third kappa shape index (κ3) is 4.86. The highest BCUT2D eigenvalue weighted by molar-refractivity contribution is 6.30. The third-order valence-electron chi connectivity index (χ3n) is 3.34. The Morgan fingerprint density at radius 3 is 2.52 bits per heavy atom. The van der Waals surface area contributed by atoms with Crippen molar-refractivity contribution in [3.8, 4) is 11.5 Å². The second-order valence-electron chi connectivity index (χ2n) is 5.80. The van der Waals surface area contributed by atoms with Gasteiger partial charge in [-0.25, -0.2) is 4.98 Å². The third-order valence-corrected chi connectivity index (χ3v) is 3.60. The molecule has 1 aromatic carbocycles. The minimum absolute atomic E-state index is 0.0442. The van der Waals surface area contributed by atoms with E-state index in [1.807, 2.05) is 0 Å². The number of hydrazone groups is 1. The summed E-state index contributed by atoms with van der Waals surface area (Å²) in [4.78, 5) is 8.10. The molecule has 0 unspecified atom stereocenters. The normalized spacial score (nSPS) is 13.0. The lowest BCUT2D eigenvalue weighted by molar-refractivity contribution is -0.0791. The molecule has 0 atom stereocenters. The van der Waals surface area contributed by atoms with Gasteiger partial charge in [-0.1, -0.05) is 25.4 Å². The number of hydrogen-bond acceptors (Lipinski definition) is 6. The topological polar surface area (TPSA) is 85.7 Å². The molecule has 0 bridgehead atoms. The molecule has 6 nitrogen and oxygen atoms in total. The average Bonchev–Trinajstić information content (AvgIpc) is 3.02. The number of oxazole rings is 1. The van der Waals surface area contributed by atoms with Gasteiger partial charge in [0.2, 0.25) is 5.89 Å². The quantitative estimate of drug-likeness (QED) is 0.473. The van der Waals surface area contributed by atoms with Gasteiger partial charge in [0.05, 0.1) is 5.69 Å². The molecule has 1 aromatic heterocycles. The maximum absolute atomic E-state index is 12.5. The molecule has 0 aliphatic rings. The minimum atomic E-state index is -4.78. The predicted octanol–water partition coefficient (Wildman–Crippen LogP) is 3.63. The Hall–Kier alpha value is -2.26. The Balaban J connectivity index is 2.10. The molecule has 25 heavy (non-hydrogen) atoms. The number of nitrogens with two attached hydrogens (primary N) is 1. The van der Waals surface area contributed by atoms with Crippen LogP contribution in [0.25, 0.3) is 11.5 Å². The van der Waals surface area contributed by atoms with E-state index in [0.29, 0.717) is 16.6 Å². The van der Waals surface area contributed by atoms with E-state index in [1.165, 1.54) is 6.26 Å². The maximum atomic E-state index is 12.5. The van der Waals surface area contributed by atoms with Gasteiger partial charge in [-0.2, -0.15) is 19.1 Å². The number of hydrogen-bond donors (Lipinski definition) is 2. The zero-order chi connectivity index (χ0) is 18.7. The number of alkyl halides is 3. The molecule has 0 radical (unpaired) electrons. The first-order chi connectivity index (χ1) is 11.6. The van der Waals surface area contributed by atoms with Crippen molar-refractivity contribution in [2.45, 2.75) is 25.4 Å². The molecular formula is C15H16ClF3N4O2. The van der Waals surface area contributed by atoms with Crippen LogP contribution in [-0.2, 0) is 10.3 Å². The first-order valence-electron chi connectivity index (χ1n) is 7.10. The van der Waals surface area contributed by atoms with Gasteiger partial charge < -0.3 is 14.7 Å². The highest BCUT2D eigenvalue weighted by atomic mass is 35.5. The summed E-state index contributed by atoms with van der Waals surface area (Å²) in [5.41, 5.74) is 2.91. The number of aromatic nitrogens is 1. The molecule has 0 fully saturated rings. The lowest BCUT2D eigenvalue weighted by atomic mass is 9.90. The number of rotatable bonds is 5. The molecule has 3 N–H and O–H groups in total. The van der Waals surface area contributed by atoms with Gasteiger partial charge >= 0.3 is 12.1 Å². The molecule has 10 heteroatoms. The van der Waals surface area contributed by atoms with E-state index in [4.69, 9.17) is 16.0 Å². The number of nitrogens with one attached hydrogen (secondary N) is 1. The van der Waals surface area contributed by atoms with Crippen molar-refractivity contribution in [1.29, 1.82) is 0 Å². The largest absolute Gasteiger partial charge is 0.472 e. The maximum Gasteiger partial charge on any atom is 0.472 e. The van der Waals surface area contributed by atoms with Gasteiger partial charge in [0, 0.05) is 22.5 Å². The second-order valence-corrected chi connectivity index (χ2v) is 6.23. The monoisotopic (exact) mass is 376 g/mol. The van der Waals surface area contributed by atoms with Crippen LogP contribution in [0.1, 0.15) is 19.5 Å². The van der Waals surface area contributed by atoms with E-state index in [9.17, 15) is 13.2 Å². The highest BCUT2D eigenvalue weighted by Gasteiger charge is 2.39. The molecule has 0 saturated carbocycles. The number of nitrogens with zero attached hydrogens (tertiary/aromatic N) is 2. The van der Waals surface area contributed by atoms with Gasteiger partial charge in [0.15, 0.2) is 0 Å². The van der Waals surface area contributed by atoms with Crippen molar-refractivity contribution in [3.63, 3.8) is 0 Å². The van der Waals surface area contributed by atoms with Crippen LogP contribution in [0.15, 0.2) is 40.0 Å². The summed E-state index contributed by atoms with van der Waals surface area (Å²) in [6.07, 6.45) is -3.33. The van der Waals surface area contributed by atoms with Crippen molar-refractivity contribution >= 4 is 17.5 Å². The minimum Gasteiger partial charge on any atom is -0.444 e.